The van der Waals surface area contributed by atoms with Crippen molar-refractivity contribution < 1.29 is 48.8 Å². The van der Waals surface area contributed by atoms with E-state index in [-0.39, 0.29) is 5.41 Å². The van der Waals surface area contributed by atoms with Gasteiger partial charge in [-0.25, -0.2) is 4.57 Å². The molecule has 1 saturated heterocycles. The van der Waals surface area contributed by atoms with Crippen molar-refractivity contribution in [2.45, 2.75) is 148 Å². The van der Waals surface area contributed by atoms with Crippen molar-refractivity contribution >= 4 is 7.82 Å². The van der Waals surface area contributed by atoms with E-state index in [0.29, 0.717) is 41.9 Å². The van der Waals surface area contributed by atoms with Crippen molar-refractivity contribution in [3.05, 3.63) is 11.6 Å². The van der Waals surface area contributed by atoms with Crippen LogP contribution in [-0.4, -0.2) is 79.4 Å². The van der Waals surface area contributed by atoms with E-state index in [9.17, 15) is 35.0 Å². The molecule has 254 valence electrons. The van der Waals surface area contributed by atoms with Crippen molar-refractivity contribution in [3.8, 4) is 0 Å². The van der Waals surface area contributed by atoms with Crippen LogP contribution in [0.25, 0.3) is 0 Å². The minimum absolute atomic E-state index is 0.0259. The zero-order valence-corrected chi connectivity index (χ0v) is 28.1. The molecule has 4 fully saturated rings. The maximum absolute atomic E-state index is 13.0. The summed E-state index contributed by atoms with van der Waals surface area (Å²) in [4.78, 5) is 10.6. The topological polar surface area (TPSA) is 166 Å². The van der Waals surface area contributed by atoms with Gasteiger partial charge in [-0.2, -0.15) is 0 Å². The molecule has 0 aromatic heterocycles. The predicted octanol–water partition coefficient (Wildman–Crippen LogP) is 4.44. The molecule has 11 heteroatoms. The number of aliphatic hydroxyl groups is 5. The Morgan fingerprint density at radius 3 is 2.45 bits per heavy atom. The van der Waals surface area contributed by atoms with Gasteiger partial charge in [-0.05, 0) is 112 Å². The molecule has 0 spiro atoms. The van der Waals surface area contributed by atoms with Gasteiger partial charge in [0.15, 0.2) is 6.29 Å². The predicted molar refractivity (Wildman–Crippen MR) is 164 cm³/mol. The van der Waals surface area contributed by atoms with Gasteiger partial charge in [0, 0.05) is 0 Å². The molecule has 0 bridgehead atoms. The monoisotopic (exact) mass is 644 g/mol. The highest BCUT2D eigenvalue weighted by Gasteiger charge is 2.59. The Hall–Kier alpha value is -0.390. The summed E-state index contributed by atoms with van der Waals surface area (Å²) in [6.45, 7) is 10.5. The first kappa shape index (κ1) is 34.9. The molecule has 5 rings (SSSR count). The third-order valence-electron chi connectivity index (χ3n) is 12.6. The maximum Gasteiger partial charge on any atom is 0.474 e. The van der Waals surface area contributed by atoms with Gasteiger partial charge in [0.1, 0.15) is 24.4 Å². The molecule has 10 nitrogen and oxygen atoms in total. The van der Waals surface area contributed by atoms with Crippen LogP contribution in [0.15, 0.2) is 11.6 Å². The summed E-state index contributed by atoms with van der Waals surface area (Å²) in [7, 11) is -4.71. The molecule has 14 atom stereocenters. The molecular formula is C33H57O10P. The molecule has 0 aromatic carbocycles. The molecular weight excluding hydrogens is 587 g/mol. The lowest BCUT2D eigenvalue weighted by Gasteiger charge is -2.58. The van der Waals surface area contributed by atoms with Crippen LogP contribution in [0.5, 0.6) is 0 Å². The van der Waals surface area contributed by atoms with Gasteiger partial charge in [-0.1, -0.05) is 45.3 Å². The third-order valence-corrected chi connectivity index (χ3v) is 13.7. The normalized spacial score (nSPS) is 46.3. The average molecular weight is 645 g/mol. The molecule has 44 heavy (non-hydrogen) atoms. The van der Waals surface area contributed by atoms with Crippen LogP contribution in [0.1, 0.15) is 105 Å². The van der Waals surface area contributed by atoms with Crippen LogP contribution in [0.4, 0.5) is 0 Å². The highest BCUT2D eigenvalue weighted by atomic mass is 31.2. The number of rotatable bonds is 10. The second-order valence-electron chi connectivity index (χ2n) is 15.9. The molecule has 1 heterocycles. The molecule has 0 amide bonds. The van der Waals surface area contributed by atoms with Gasteiger partial charge in [-0.3, -0.25) is 9.05 Å². The zero-order valence-electron chi connectivity index (χ0n) is 27.2. The van der Waals surface area contributed by atoms with Crippen molar-refractivity contribution in [2.75, 3.05) is 6.61 Å². The average Bonchev–Trinajstić information content (AvgIpc) is 3.30. The van der Waals surface area contributed by atoms with Crippen LogP contribution in [0, 0.1) is 40.4 Å². The fourth-order valence-corrected chi connectivity index (χ4v) is 11.3. The van der Waals surface area contributed by atoms with E-state index in [2.05, 4.69) is 26.8 Å². The summed E-state index contributed by atoms with van der Waals surface area (Å²) in [6, 6.07) is 0. The molecule has 4 aliphatic carbocycles. The van der Waals surface area contributed by atoms with Crippen LogP contribution >= 0.6 is 7.82 Å². The third kappa shape index (κ3) is 6.78. The first-order valence-electron chi connectivity index (χ1n) is 16.9. The maximum atomic E-state index is 13.0. The number of aliphatic hydroxyl groups excluding tert-OH is 4. The molecule has 0 radical (unpaired) electrons. The summed E-state index contributed by atoms with van der Waals surface area (Å²) in [6.07, 6.45) is 4.87. The quantitative estimate of drug-likeness (QED) is 0.148. The SMILES string of the molecule is C[C@H](CCCC(C)(C)O)[C@H]1CC[C@H]2[C@@H]3CC=C4C[C@@H](OP(=O)(O)O[C@H]5O[C@H](CO)[C@@H](O)[C@H](O)[C@@H]5O)CC[C@]4(C)[C@H]3CC[C@]12C. The fourth-order valence-electron chi connectivity index (χ4n) is 10.2. The van der Waals surface area contributed by atoms with Gasteiger partial charge in [0.2, 0.25) is 0 Å². The smallest absolute Gasteiger partial charge is 0.394 e. The highest BCUT2D eigenvalue weighted by molar-refractivity contribution is 7.47. The van der Waals surface area contributed by atoms with Crippen LogP contribution in [-0.2, 0) is 18.3 Å². The van der Waals surface area contributed by atoms with E-state index < -0.39 is 56.8 Å². The van der Waals surface area contributed by atoms with Gasteiger partial charge in [0.05, 0.1) is 18.3 Å². The number of fused-ring (bicyclic) bond motifs is 5. The van der Waals surface area contributed by atoms with E-state index in [1.165, 1.54) is 37.7 Å². The largest absolute Gasteiger partial charge is 0.474 e. The molecule has 0 aromatic rings. The van der Waals surface area contributed by atoms with Crippen molar-refractivity contribution in [2.24, 2.45) is 40.4 Å². The number of hydrogen-bond donors (Lipinski definition) is 6. The number of phosphoric acid groups is 1. The number of phosphoric ester groups is 1. The summed E-state index contributed by atoms with van der Waals surface area (Å²) in [5.41, 5.74) is 1.07. The van der Waals surface area contributed by atoms with Crippen LogP contribution in [0.3, 0.4) is 0 Å². The Labute approximate surface area is 262 Å². The van der Waals surface area contributed by atoms with Crippen molar-refractivity contribution in [1.29, 1.82) is 0 Å². The summed E-state index contributed by atoms with van der Waals surface area (Å²) >= 11 is 0. The van der Waals surface area contributed by atoms with Crippen LogP contribution in [0.2, 0.25) is 0 Å². The summed E-state index contributed by atoms with van der Waals surface area (Å²) in [5.74, 6) is 3.31. The summed E-state index contributed by atoms with van der Waals surface area (Å²) in [5, 5.41) is 49.8. The minimum atomic E-state index is -4.71. The molecule has 1 unspecified atom stereocenters. The Bertz CT molecular complexity index is 1090. The van der Waals surface area contributed by atoms with Gasteiger partial charge < -0.3 is 35.2 Å². The van der Waals surface area contributed by atoms with Crippen LogP contribution < -0.4 is 0 Å². The van der Waals surface area contributed by atoms with Gasteiger partial charge >= 0.3 is 7.82 Å². The first-order valence-corrected chi connectivity index (χ1v) is 18.4. The molecule has 1 aliphatic heterocycles. The van der Waals surface area contributed by atoms with Gasteiger partial charge in [0.25, 0.3) is 0 Å². The standard InChI is InChI=1S/C33H57O10P/c1-19(7-6-14-31(2,3)38)23-10-11-24-22-9-8-20-17-21(12-15-32(20,4)25(22)13-16-33(23,24)5)42-44(39,40)43-30-29(37)28(36)27(35)26(18-34)41-30/h8,19,21-30,34-38H,6-7,9-18H2,1-5H3,(H,39,40)/t19-,21+,22+,23-,24+,25+,26-,27-,28+,29+,30-,32+,33-/m1/s1. The molecule has 6 N–H and O–H groups in total. The lowest BCUT2D eigenvalue weighted by atomic mass is 9.47. The Kier molecular flexibility index (Phi) is 10.2. The Morgan fingerprint density at radius 1 is 1.05 bits per heavy atom. The van der Waals surface area contributed by atoms with Gasteiger partial charge in [-0.15, -0.1) is 0 Å². The molecule has 5 aliphatic rings. The number of ether oxygens (including phenoxy) is 1. The summed E-state index contributed by atoms with van der Waals surface area (Å²) < 4.78 is 29.0. The minimum Gasteiger partial charge on any atom is -0.394 e. The number of allylic oxidation sites excluding steroid dienone is 1. The Morgan fingerprint density at radius 2 is 1.77 bits per heavy atom. The van der Waals surface area contributed by atoms with E-state index in [0.717, 1.165) is 31.6 Å². The molecule has 3 saturated carbocycles. The lowest BCUT2D eigenvalue weighted by molar-refractivity contribution is -0.281. The van der Waals surface area contributed by atoms with E-state index >= 15 is 0 Å². The highest BCUT2D eigenvalue weighted by Crippen LogP contribution is 2.67. The number of hydrogen-bond acceptors (Lipinski definition) is 9. The Balaban J connectivity index is 1.21. The zero-order chi connectivity index (χ0) is 32.2. The van der Waals surface area contributed by atoms with E-state index in [1.54, 1.807) is 0 Å². The lowest BCUT2D eigenvalue weighted by Crippen LogP contribution is -2.59. The fraction of sp³-hybridized carbons (Fsp3) is 0.939. The van der Waals surface area contributed by atoms with E-state index in [1.807, 2.05) is 13.8 Å². The second kappa shape index (κ2) is 12.9. The van der Waals surface area contributed by atoms with E-state index in [4.69, 9.17) is 13.8 Å². The van der Waals surface area contributed by atoms with Crippen molar-refractivity contribution in [1.82, 2.24) is 0 Å². The first-order chi connectivity index (χ1) is 20.5. The van der Waals surface area contributed by atoms with Crippen molar-refractivity contribution in [3.63, 3.8) is 0 Å². The second-order valence-corrected chi connectivity index (χ2v) is 17.3.